The van der Waals surface area contributed by atoms with Crippen LogP contribution in [0.1, 0.15) is 59.3 Å². The molecule has 0 aliphatic heterocycles. The van der Waals surface area contributed by atoms with Crippen molar-refractivity contribution in [2.24, 2.45) is 5.92 Å². The Kier molecular flexibility index (Phi) is 5.63. The monoisotopic (exact) mass is 255 g/mol. The van der Waals surface area contributed by atoms with Crippen molar-refractivity contribution in [1.82, 2.24) is 5.32 Å². The van der Waals surface area contributed by atoms with Crippen molar-refractivity contribution < 1.29 is 14.3 Å². The Hall–Kier alpha value is -1.06. The fourth-order valence-electron chi connectivity index (χ4n) is 2.37. The zero-order chi connectivity index (χ0) is 13.6. The highest BCUT2D eigenvalue weighted by Crippen LogP contribution is 2.27. The van der Waals surface area contributed by atoms with Gasteiger partial charge in [0.05, 0.1) is 0 Å². The Morgan fingerprint density at radius 2 is 1.89 bits per heavy atom. The van der Waals surface area contributed by atoms with Gasteiger partial charge in [0.2, 0.25) is 0 Å². The van der Waals surface area contributed by atoms with Crippen LogP contribution in [-0.4, -0.2) is 24.0 Å². The molecule has 1 saturated carbocycles. The summed E-state index contributed by atoms with van der Waals surface area (Å²) in [5.74, 6) is 0.645. The number of nitrogens with one attached hydrogen (secondary N) is 1. The van der Waals surface area contributed by atoms with Crippen LogP contribution in [0.4, 0.5) is 4.79 Å². The second-order valence-electron chi connectivity index (χ2n) is 6.11. The van der Waals surface area contributed by atoms with Crippen molar-refractivity contribution in [3.63, 3.8) is 0 Å². The molecule has 1 aliphatic carbocycles. The number of amides is 1. The molecule has 0 spiro atoms. The number of carbonyl (C=O) groups is 2. The van der Waals surface area contributed by atoms with Crippen LogP contribution in [0.3, 0.4) is 0 Å². The maximum atomic E-state index is 11.6. The number of alkyl carbamates (subject to hydrolysis) is 1. The molecule has 1 rings (SSSR count). The lowest BCUT2D eigenvalue weighted by Crippen LogP contribution is -2.40. The number of aldehydes is 1. The highest BCUT2D eigenvalue weighted by molar-refractivity contribution is 5.68. The minimum absolute atomic E-state index is 0.229. The van der Waals surface area contributed by atoms with Crippen molar-refractivity contribution in [2.75, 3.05) is 0 Å². The molecule has 1 amide bonds. The summed E-state index contributed by atoms with van der Waals surface area (Å²) in [7, 11) is 0. The highest BCUT2D eigenvalue weighted by atomic mass is 16.6. The predicted molar refractivity (Wildman–Crippen MR) is 70.4 cm³/mol. The van der Waals surface area contributed by atoms with Crippen LogP contribution >= 0.6 is 0 Å². The van der Waals surface area contributed by atoms with Crippen molar-refractivity contribution in [1.29, 1.82) is 0 Å². The van der Waals surface area contributed by atoms with E-state index in [2.05, 4.69) is 5.32 Å². The Labute approximate surface area is 109 Å². The zero-order valence-corrected chi connectivity index (χ0v) is 11.7. The van der Waals surface area contributed by atoms with Crippen molar-refractivity contribution in [2.45, 2.75) is 70.9 Å². The SMILES string of the molecule is CC(C)(C)OC(=O)N[C@H]1CC[C@H](CCC=O)CC1. The summed E-state index contributed by atoms with van der Waals surface area (Å²) < 4.78 is 5.24. The molecular formula is C14H25NO3. The largest absolute Gasteiger partial charge is 0.444 e. The lowest BCUT2D eigenvalue weighted by Gasteiger charge is -2.29. The van der Waals surface area contributed by atoms with Crippen LogP contribution in [0.2, 0.25) is 0 Å². The molecule has 0 aromatic heterocycles. The molecule has 4 heteroatoms. The first kappa shape index (κ1) is 15.0. The summed E-state index contributed by atoms with van der Waals surface area (Å²) in [5.41, 5.74) is -0.439. The molecule has 0 saturated heterocycles. The van der Waals surface area contributed by atoms with E-state index in [1.807, 2.05) is 20.8 Å². The number of rotatable bonds is 4. The van der Waals surface area contributed by atoms with E-state index < -0.39 is 5.60 Å². The van der Waals surface area contributed by atoms with Crippen LogP contribution in [0.25, 0.3) is 0 Å². The molecule has 0 atom stereocenters. The molecule has 4 nitrogen and oxygen atoms in total. The Morgan fingerprint density at radius 3 is 2.39 bits per heavy atom. The first-order valence-electron chi connectivity index (χ1n) is 6.84. The average molecular weight is 255 g/mol. The summed E-state index contributed by atoms with van der Waals surface area (Å²) >= 11 is 0. The molecule has 0 heterocycles. The number of hydrogen-bond acceptors (Lipinski definition) is 3. The molecular weight excluding hydrogens is 230 g/mol. The van der Waals surface area contributed by atoms with Gasteiger partial charge in [-0.25, -0.2) is 4.79 Å². The molecule has 0 unspecified atom stereocenters. The van der Waals surface area contributed by atoms with E-state index in [-0.39, 0.29) is 12.1 Å². The fourth-order valence-corrected chi connectivity index (χ4v) is 2.37. The van der Waals surface area contributed by atoms with Gasteiger partial charge in [0.25, 0.3) is 0 Å². The average Bonchev–Trinajstić information content (AvgIpc) is 2.25. The molecule has 1 aliphatic rings. The maximum Gasteiger partial charge on any atom is 0.407 e. The van der Waals surface area contributed by atoms with Crippen molar-refractivity contribution >= 4 is 12.4 Å². The number of carbonyl (C=O) groups excluding carboxylic acids is 2. The molecule has 0 bridgehead atoms. The van der Waals surface area contributed by atoms with Crippen molar-refractivity contribution in [3.8, 4) is 0 Å². The summed E-state index contributed by atoms with van der Waals surface area (Å²) in [5, 5.41) is 2.92. The van der Waals surface area contributed by atoms with Gasteiger partial charge in [-0.05, 0) is 58.8 Å². The third-order valence-electron chi connectivity index (χ3n) is 3.26. The van der Waals surface area contributed by atoms with E-state index in [0.717, 1.165) is 38.4 Å². The molecule has 1 fully saturated rings. The Balaban J connectivity index is 2.23. The molecule has 104 valence electrons. The van der Waals surface area contributed by atoms with Gasteiger partial charge in [0.1, 0.15) is 11.9 Å². The van der Waals surface area contributed by atoms with Gasteiger partial charge in [0.15, 0.2) is 0 Å². The summed E-state index contributed by atoms with van der Waals surface area (Å²) in [6.07, 6.45) is 6.48. The smallest absolute Gasteiger partial charge is 0.407 e. The van der Waals surface area contributed by atoms with Crippen LogP contribution in [0.5, 0.6) is 0 Å². The minimum Gasteiger partial charge on any atom is -0.444 e. The van der Waals surface area contributed by atoms with Gasteiger partial charge >= 0.3 is 6.09 Å². The topological polar surface area (TPSA) is 55.4 Å². The van der Waals surface area contributed by atoms with Gasteiger partial charge in [0, 0.05) is 12.5 Å². The highest BCUT2D eigenvalue weighted by Gasteiger charge is 2.24. The van der Waals surface area contributed by atoms with Crippen molar-refractivity contribution in [3.05, 3.63) is 0 Å². The summed E-state index contributed by atoms with van der Waals surface area (Å²) in [6, 6.07) is 0.229. The molecule has 18 heavy (non-hydrogen) atoms. The number of hydrogen-bond donors (Lipinski definition) is 1. The third kappa shape index (κ3) is 6.03. The second-order valence-corrected chi connectivity index (χ2v) is 6.11. The first-order chi connectivity index (χ1) is 8.40. The third-order valence-corrected chi connectivity index (χ3v) is 3.26. The Morgan fingerprint density at radius 1 is 1.28 bits per heavy atom. The molecule has 0 aromatic rings. The Bertz CT molecular complexity index is 275. The van der Waals surface area contributed by atoms with E-state index in [1.54, 1.807) is 0 Å². The minimum atomic E-state index is -0.439. The lowest BCUT2D eigenvalue weighted by atomic mass is 9.83. The normalized spacial score (nSPS) is 24.4. The van der Waals surface area contributed by atoms with E-state index in [9.17, 15) is 9.59 Å². The second kappa shape index (κ2) is 6.76. The predicted octanol–water partition coefficient (Wildman–Crippen LogP) is 3.05. The molecule has 0 aromatic carbocycles. The summed E-state index contributed by atoms with van der Waals surface area (Å²) in [6.45, 7) is 5.59. The fraction of sp³-hybridized carbons (Fsp3) is 0.857. The van der Waals surface area contributed by atoms with E-state index in [4.69, 9.17) is 4.74 Å². The number of ether oxygens (including phenoxy) is 1. The molecule has 0 radical (unpaired) electrons. The van der Waals surface area contributed by atoms with E-state index in [1.165, 1.54) is 0 Å². The van der Waals surface area contributed by atoms with Crippen LogP contribution in [-0.2, 0) is 9.53 Å². The van der Waals surface area contributed by atoms with Gasteiger partial charge in [-0.15, -0.1) is 0 Å². The van der Waals surface area contributed by atoms with Crippen LogP contribution in [0.15, 0.2) is 0 Å². The van der Waals surface area contributed by atoms with E-state index in [0.29, 0.717) is 12.3 Å². The zero-order valence-electron chi connectivity index (χ0n) is 11.7. The quantitative estimate of drug-likeness (QED) is 0.785. The lowest BCUT2D eigenvalue weighted by molar-refractivity contribution is -0.108. The van der Waals surface area contributed by atoms with Gasteiger partial charge in [-0.1, -0.05) is 0 Å². The van der Waals surface area contributed by atoms with Gasteiger partial charge in [-0.3, -0.25) is 0 Å². The standard InChI is InChI=1S/C14H25NO3/c1-14(2,3)18-13(17)15-12-8-6-11(7-9-12)5-4-10-16/h10-12H,4-9H2,1-3H3,(H,15,17)/t11-,12-. The van der Waals surface area contributed by atoms with Gasteiger partial charge in [-0.2, -0.15) is 0 Å². The molecule has 1 N–H and O–H groups in total. The van der Waals surface area contributed by atoms with Gasteiger partial charge < -0.3 is 14.8 Å². The summed E-state index contributed by atoms with van der Waals surface area (Å²) in [4.78, 5) is 21.9. The van der Waals surface area contributed by atoms with Crippen LogP contribution < -0.4 is 5.32 Å². The van der Waals surface area contributed by atoms with E-state index >= 15 is 0 Å². The first-order valence-corrected chi connectivity index (χ1v) is 6.84. The van der Waals surface area contributed by atoms with Crippen LogP contribution in [0, 0.1) is 5.92 Å². The maximum absolute atomic E-state index is 11.6.